The molecule has 2 atom stereocenters. The second-order valence-electron chi connectivity index (χ2n) is 6.86. The molecule has 0 radical (unpaired) electrons. The highest BCUT2D eigenvalue weighted by molar-refractivity contribution is 5.78. The number of para-hydroxylation sites is 1. The molecule has 1 fully saturated rings. The molecule has 8 heteroatoms. The molecular formula is C19H21N5O3. The minimum atomic E-state index is -0.273. The molecule has 3 heterocycles. The van der Waals surface area contributed by atoms with Gasteiger partial charge in [0.05, 0.1) is 24.1 Å². The van der Waals surface area contributed by atoms with Crippen LogP contribution in [0.4, 0.5) is 0 Å². The summed E-state index contributed by atoms with van der Waals surface area (Å²) in [6.07, 6.45) is 2.88. The van der Waals surface area contributed by atoms with E-state index < -0.39 is 0 Å². The van der Waals surface area contributed by atoms with E-state index in [1.807, 2.05) is 44.2 Å². The van der Waals surface area contributed by atoms with Crippen molar-refractivity contribution in [3.05, 3.63) is 53.2 Å². The third kappa shape index (κ3) is 3.35. The van der Waals surface area contributed by atoms with E-state index in [0.29, 0.717) is 24.1 Å². The molecule has 140 valence electrons. The maximum atomic E-state index is 12.8. The number of rotatable bonds is 3. The SMILES string of the molecule is C[C@@H]1CN(C(=O)Cn2cnc3c(cnn3-c3ccccc3)c2=O)C[C@@H](C)O1. The van der Waals surface area contributed by atoms with Crippen molar-refractivity contribution in [2.45, 2.75) is 32.6 Å². The van der Waals surface area contributed by atoms with Gasteiger partial charge in [-0.15, -0.1) is 0 Å². The van der Waals surface area contributed by atoms with Gasteiger partial charge in [0.2, 0.25) is 5.91 Å². The fraction of sp³-hybridized carbons (Fsp3) is 0.368. The third-order valence-electron chi connectivity index (χ3n) is 4.63. The first-order chi connectivity index (χ1) is 13.0. The summed E-state index contributed by atoms with van der Waals surface area (Å²) in [6, 6.07) is 9.49. The van der Waals surface area contributed by atoms with Crippen molar-refractivity contribution in [2.24, 2.45) is 0 Å². The second kappa shape index (κ2) is 6.96. The number of fused-ring (bicyclic) bond motifs is 1. The van der Waals surface area contributed by atoms with Crippen LogP contribution in [0.5, 0.6) is 0 Å². The number of aromatic nitrogens is 4. The monoisotopic (exact) mass is 367 g/mol. The molecular weight excluding hydrogens is 346 g/mol. The average Bonchev–Trinajstić information content (AvgIpc) is 3.09. The summed E-state index contributed by atoms with van der Waals surface area (Å²) in [6.45, 7) is 4.89. The lowest BCUT2D eigenvalue weighted by Gasteiger charge is -2.35. The number of hydrogen-bond acceptors (Lipinski definition) is 5. The molecule has 0 aliphatic carbocycles. The lowest BCUT2D eigenvalue weighted by Crippen LogP contribution is -2.49. The van der Waals surface area contributed by atoms with Gasteiger partial charge < -0.3 is 9.64 Å². The van der Waals surface area contributed by atoms with Crippen molar-refractivity contribution in [2.75, 3.05) is 13.1 Å². The zero-order valence-electron chi connectivity index (χ0n) is 15.3. The van der Waals surface area contributed by atoms with Crippen LogP contribution in [0.3, 0.4) is 0 Å². The molecule has 2 aromatic heterocycles. The minimum Gasteiger partial charge on any atom is -0.372 e. The van der Waals surface area contributed by atoms with Gasteiger partial charge in [0.1, 0.15) is 18.3 Å². The maximum absolute atomic E-state index is 12.8. The van der Waals surface area contributed by atoms with Gasteiger partial charge in [-0.2, -0.15) is 5.10 Å². The largest absolute Gasteiger partial charge is 0.372 e. The Morgan fingerprint density at radius 2 is 1.89 bits per heavy atom. The van der Waals surface area contributed by atoms with Gasteiger partial charge in [0, 0.05) is 13.1 Å². The zero-order chi connectivity index (χ0) is 19.0. The van der Waals surface area contributed by atoms with Crippen LogP contribution in [0.25, 0.3) is 16.7 Å². The molecule has 1 aromatic carbocycles. The number of nitrogens with zero attached hydrogens (tertiary/aromatic N) is 5. The van der Waals surface area contributed by atoms with Crippen molar-refractivity contribution in [1.29, 1.82) is 0 Å². The topological polar surface area (TPSA) is 82.3 Å². The summed E-state index contributed by atoms with van der Waals surface area (Å²) in [5.74, 6) is -0.115. The summed E-state index contributed by atoms with van der Waals surface area (Å²) < 4.78 is 8.62. The Morgan fingerprint density at radius 3 is 2.59 bits per heavy atom. The smallest absolute Gasteiger partial charge is 0.264 e. The van der Waals surface area contributed by atoms with Crippen LogP contribution < -0.4 is 5.56 Å². The molecule has 1 saturated heterocycles. The van der Waals surface area contributed by atoms with Gasteiger partial charge in [-0.3, -0.25) is 14.2 Å². The quantitative estimate of drug-likeness (QED) is 0.695. The highest BCUT2D eigenvalue weighted by Crippen LogP contribution is 2.14. The van der Waals surface area contributed by atoms with Crippen molar-refractivity contribution in [3.63, 3.8) is 0 Å². The Balaban J connectivity index is 1.61. The van der Waals surface area contributed by atoms with E-state index in [1.165, 1.54) is 17.1 Å². The minimum absolute atomic E-state index is 0.0147. The Hall–Kier alpha value is -3.00. The van der Waals surface area contributed by atoms with Gasteiger partial charge in [0.25, 0.3) is 5.56 Å². The molecule has 0 saturated carbocycles. The predicted molar refractivity (Wildman–Crippen MR) is 99.7 cm³/mol. The number of ether oxygens (including phenoxy) is 1. The number of hydrogen-bond donors (Lipinski definition) is 0. The highest BCUT2D eigenvalue weighted by atomic mass is 16.5. The van der Waals surface area contributed by atoms with Gasteiger partial charge in [-0.05, 0) is 26.0 Å². The number of carbonyl (C=O) groups is 1. The third-order valence-corrected chi connectivity index (χ3v) is 4.63. The Morgan fingerprint density at radius 1 is 1.19 bits per heavy atom. The number of benzene rings is 1. The van der Waals surface area contributed by atoms with E-state index in [0.717, 1.165) is 5.69 Å². The highest BCUT2D eigenvalue weighted by Gasteiger charge is 2.26. The van der Waals surface area contributed by atoms with E-state index in [1.54, 1.807) is 9.58 Å². The zero-order valence-corrected chi connectivity index (χ0v) is 15.3. The fourth-order valence-electron chi connectivity index (χ4n) is 3.45. The fourth-order valence-corrected chi connectivity index (χ4v) is 3.45. The summed E-state index contributed by atoms with van der Waals surface area (Å²) >= 11 is 0. The normalized spacial score (nSPS) is 20.1. The van der Waals surface area contributed by atoms with Crippen molar-refractivity contribution in [3.8, 4) is 5.69 Å². The molecule has 4 rings (SSSR count). The van der Waals surface area contributed by atoms with Crippen LogP contribution in [0, 0.1) is 0 Å². The Kier molecular flexibility index (Phi) is 4.49. The number of amides is 1. The summed E-state index contributed by atoms with van der Waals surface area (Å²) in [5, 5.41) is 4.67. The lowest BCUT2D eigenvalue weighted by atomic mass is 10.2. The van der Waals surface area contributed by atoms with Gasteiger partial charge in [-0.25, -0.2) is 9.67 Å². The molecule has 0 N–H and O–H groups in total. The number of morpholine rings is 1. The van der Waals surface area contributed by atoms with Crippen LogP contribution in [0.2, 0.25) is 0 Å². The van der Waals surface area contributed by atoms with E-state index >= 15 is 0 Å². The number of carbonyl (C=O) groups excluding carboxylic acids is 1. The molecule has 1 aliphatic heterocycles. The van der Waals surface area contributed by atoms with E-state index in [4.69, 9.17) is 4.74 Å². The van der Waals surface area contributed by atoms with Crippen molar-refractivity contribution >= 4 is 16.9 Å². The molecule has 1 amide bonds. The van der Waals surface area contributed by atoms with Crippen LogP contribution in [0.1, 0.15) is 13.8 Å². The molecule has 1 aliphatic rings. The van der Waals surface area contributed by atoms with E-state index in [-0.39, 0.29) is 30.2 Å². The van der Waals surface area contributed by atoms with Gasteiger partial charge >= 0.3 is 0 Å². The molecule has 0 spiro atoms. The van der Waals surface area contributed by atoms with Crippen molar-refractivity contribution < 1.29 is 9.53 Å². The van der Waals surface area contributed by atoms with Crippen LogP contribution in [-0.4, -0.2) is 55.4 Å². The predicted octanol–water partition coefficient (Wildman–Crippen LogP) is 1.22. The first kappa shape index (κ1) is 17.4. The van der Waals surface area contributed by atoms with Crippen LogP contribution in [-0.2, 0) is 16.1 Å². The van der Waals surface area contributed by atoms with Gasteiger partial charge in [0.15, 0.2) is 5.65 Å². The first-order valence-corrected chi connectivity index (χ1v) is 8.95. The Labute approximate surface area is 156 Å². The maximum Gasteiger partial charge on any atom is 0.264 e. The Bertz CT molecular complexity index is 1020. The molecule has 8 nitrogen and oxygen atoms in total. The van der Waals surface area contributed by atoms with Crippen molar-refractivity contribution in [1.82, 2.24) is 24.2 Å². The van der Waals surface area contributed by atoms with Gasteiger partial charge in [-0.1, -0.05) is 18.2 Å². The molecule has 3 aromatic rings. The summed E-state index contributed by atoms with van der Waals surface area (Å²) in [5.41, 5.74) is 1.03. The standard InChI is InChI=1S/C19H21N5O3/c1-13-9-22(10-14(2)27-13)17(25)11-23-12-20-18-16(19(23)26)8-21-24(18)15-6-4-3-5-7-15/h3-8,12-14H,9-11H2,1-2H3/t13-,14-/m1/s1. The van der Waals surface area contributed by atoms with Crippen LogP contribution in [0.15, 0.2) is 47.7 Å². The molecule has 0 unspecified atom stereocenters. The van der Waals surface area contributed by atoms with E-state index in [2.05, 4.69) is 10.1 Å². The van der Waals surface area contributed by atoms with Crippen LogP contribution >= 0.6 is 0 Å². The first-order valence-electron chi connectivity index (χ1n) is 8.95. The average molecular weight is 367 g/mol. The summed E-state index contributed by atoms with van der Waals surface area (Å²) in [7, 11) is 0. The molecule has 27 heavy (non-hydrogen) atoms. The molecule has 0 bridgehead atoms. The lowest BCUT2D eigenvalue weighted by molar-refractivity contribution is -0.143. The second-order valence-corrected chi connectivity index (χ2v) is 6.86. The van der Waals surface area contributed by atoms with E-state index in [9.17, 15) is 9.59 Å². The summed E-state index contributed by atoms with van der Waals surface area (Å²) in [4.78, 5) is 31.5.